The molecule has 66 valence electrons. The minimum atomic E-state index is -0.232. The van der Waals surface area contributed by atoms with Gasteiger partial charge in [-0.15, -0.1) is 0 Å². The Labute approximate surface area is 66.1 Å². The molecule has 4 heteroatoms. The average molecular weight is 162 g/mol. The zero-order valence-electron chi connectivity index (χ0n) is 6.82. The first-order valence-electron chi connectivity index (χ1n) is 3.61. The van der Waals surface area contributed by atoms with E-state index in [2.05, 4.69) is 0 Å². The molecule has 0 aliphatic carbocycles. The van der Waals surface area contributed by atoms with Crippen LogP contribution in [-0.2, 0) is 14.2 Å². The van der Waals surface area contributed by atoms with Gasteiger partial charge in [0.25, 0.3) is 0 Å². The molecule has 0 unspecified atom stereocenters. The molecule has 11 heavy (non-hydrogen) atoms. The fourth-order valence-corrected chi connectivity index (χ4v) is 1.31. The molecule has 4 nitrogen and oxygen atoms in total. The Hall–Kier alpha value is -0.160. The van der Waals surface area contributed by atoms with Gasteiger partial charge in [0.1, 0.15) is 18.3 Å². The predicted octanol–water partition coefficient (Wildman–Crippen LogP) is -0.593. The molecule has 0 radical (unpaired) electrons. The molecular formula is C7H14O4. The van der Waals surface area contributed by atoms with Crippen molar-refractivity contribution in [1.29, 1.82) is 0 Å². The van der Waals surface area contributed by atoms with Crippen molar-refractivity contribution in [2.75, 3.05) is 27.4 Å². The van der Waals surface area contributed by atoms with Crippen LogP contribution in [0.5, 0.6) is 0 Å². The molecule has 0 bridgehead atoms. The second kappa shape index (κ2) is 4.01. The lowest BCUT2D eigenvalue weighted by Crippen LogP contribution is -2.35. The fraction of sp³-hybridized carbons (Fsp3) is 1.00. The normalized spacial score (nSPS) is 37.9. The van der Waals surface area contributed by atoms with Crippen LogP contribution in [0.25, 0.3) is 0 Å². The highest BCUT2D eigenvalue weighted by Gasteiger charge is 2.36. The molecule has 1 saturated heterocycles. The van der Waals surface area contributed by atoms with Gasteiger partial charge < -0.3 is 19.3 Å². The van der Waals surface area contributed by atoms with E-state index >= 15 is 0 Å². The van der Waals surface area contributed by atoms with Crippen molar-refractivity contribution in [2.45, 2.75) is 18.3 Å². The van der Waals surface area contributed by atoms with Crippen LogP contribution in [0, 0.1) is 0 Å². The zero-order valence-corrected chi connectivity index (χ0v) is 6.82. The van der Waals surface area contributed by atoms with E-state index in [0.29, 0.717) is 6.61 Å². The Kier molecular flexibility index (Phi) is 3.26. The van der Waals surface area contributed by atoms with Gasteiger partial charge in [-0.1, -0.05) is 0 Å². The van der Waals surface area contributed by atoms with E-state index in [9.17, 15) is 0 Å². The Bertz CT molecular complexity index is 105. The Morgan fingerprint density at radius 2 is 2.18 bits per heavy atom. The first-order valence-corrected chi connectivity index (χ1v) is 3.61. The van der Waals surface area contributed by atoms with E-state index in [-0.39, 0.29) is 24.9 Å². The smallest absolute Gasteiger partial charge is 0.114 e. The summed E-state index contributed by atoms with van der Waals surface area (Å²) in [6.07, 6.45) is -0.410. The standard InChI is InChI=1S/C7H14O4/c1-9-6-4-11-5(3-8)7(6)10-2/h5-8H,3-4H2,1-2H3/t5-,6+,7-/m1/s1. The van der Waals surface area contributed by atoms with E-state index in [0.717, 1.165) is 0 Å². The molecule has 1 N–H and O–H groups in total. The largest absolute Gasteiger partial charge is 0.394 e. The zero-order chi connectivity index (χ0) is 8.27. The van der Waals surface area contributed by atoms with Crippen LogP contribution in [0.2, 0.25) is 0 Å². The van der Waals surface area contributed by atoms with Gasteiger partial charge in [0.15, 0.2) is 0 Å². The number of ether oxygens (including phenoxy) is 3. The van der Waals surface area contributed by atoms with Gasteiger partial charge in [-0.05, 0) is 0 Å². The third-order valence-electron chi connectivity index (χ3n) is 1.96. The number of aliphatic hydroxyl groups is 1. The molecule has 0 aromatic carbocycles. The van der Waals surface area contributed by atoms with Crippen molar-refractivity contribution in [3.8, 4) is 0 Å². The van der Waals surface area contributed by atoms with Crippen molar-refractivity contribution in [3.05, 3.63) is 0 Å². The lowest BCUT2D eigenvalue weighted by molar-refractivity contribution is -0.0395. The molecule has 1 fully saturated rings. The van der Waals surface area contributed by atoms with Gasteiger partial charge >= 0.3 is 0 Å². The summed E-state index contributed by atoms with van der Waals surface area (Å²) in [6, 6.07) is 0. The van der Waals surface area contributed by atoms with Crippen molar-refractivity contribution >= 4 is 0 Å². The summed E-state index contributed by atoms with van der Waals surface area (Å²) in [5.41, 5.74) is 0. The summed E-state index contributed by atoms with van der Waals surface area (Å²) in [6.45, 7) is 0.485. The summed E-state index contributed by atoms with van der Waals surface area (Å²) < 4.78 is 15.4. The van der Waals surface area contributed by atoms with Crippen LogP contribution in [-0.4, -0.2) is 50.9 Å². The molecular weight excluding hydrogens is 148 g/mol. The lowest BCUT2D eigenvalue weighted by atomic mass is 10.1. The van der Waals surface area contributed by atoms with Crippen molar-refractivity contribution in [1.82, 2.24) is 0 Å². The minimum absolute atomic E-state index is 0.0155. The molecule has 1 heterocycles. The summed E-state index contributed by atoms with van der Waals surface area (Å²) in [5, 5.41) is 8.82. The fourth-order valence-electron chi connectivity index (χ4n) is 1.31. The molecule has 1 aliphatic heterocycles. The number of hydrogen-bond donors (Lipinski definition) is 1. The minimum Gasteiger partial charge on any atom is -0.394 e. The number of aliphatic hydroxyl groups excluding tert-OH is 1. The highest BCUT2D eigenvalue weighted by Crippen LogP contribution is 2.18. The summed E-state index contributed by atoms with van der Waals surface area (Å²) in [7, 11) is 3.20. The molecule has 0 amide bonds. The quantitative estimate of drug-likeness (QED) is 0.602. The number of hydrogen-bond acceptors (Lipinski definition) is 4. The van der Waals surface area contributed by atoms with Crippen molar-refractivity contribution in [2.24, 2.45) is 0 Å². The van der Waals surface area contributed by atoms with Gasteiger partial charge in [0, 0.05) is 14.2 Å². The number of methoxy groups -OCH3 is 2. The summed E-state index contributed by atoms with van der Waals surface area (Å²) >= 11 is 0. The van der Waals surface area contributed by atoms with Crippen LogP contribution in [0.4, 0.5) is 0 Å². The first kappa shape index (κ1) is 8.93. The lowest BCUT2D eigenvalue weighted by Gasteiger charge is -2.18. The average Bonchev–Trinajstić information content (AvgIpc) is 2.45. The van der Waals surface area contributed by atoms with E-state index in [4.69, 9.17) is 19.3 Å². The van der Waals surface area contributed by atoms with Crippen LogP contribution < -0.4 is 0 Å². The van der Waals surface area contributed by atoms with Crippen LogP contribution in [0.3, 0.4) is 0 Å². The van der Waals surface area contributed by atoms with Crippen LogP contribution in [0.15, 0.2) is 0 Å². The Balaban J connectivity index is 2.48. The van der Waals surface area contributed by atoms with E-state index < -0.39 is 0 Å². The Morgan fingerprint density at radius 3 is 2.64 bits per heavy atom. The van der Waals surface area contributed by atoms with Gasteiger partial charge in [0.2, 0.25) is 0 Å². The van der Waals surface area contributed by atoms with Gasteiger partial charge in [-0.25, -0.2) is 0 Å². The van der Waals surface area contributed by atoms with Crippen molar-refractivity contribution in [3.63, 3.8) is 0 Å². The van der Waals surface area contributed by atoms with E-state index in [1.807, 2.05) is 0 Å². The highest BCUT2D eigenvalue weighted by atomic mass is 16.6. The molecule has 1 aliphatic rings. The molecule has 0 spiro atoms. The maximum Gasteiger partial charge on any atom is 0.114 e. The monoisotopic (exact) mass is 162 g/mol. The Morgan fingerprint density at radius 1 is 1.45 bits per heavy atom. The van der Waals surface area contributed by atoms with Crippen LogP contribution in [0.1, 0.15) is 0 Å². The maximum absolute atomic E-state index is 8.82. The van der Waals surface area contributed by atoms with E-state index in [1.165, 1.54) is 0 Å². The highest BCUT2D eigenvalue weighted by molar-refractivity contribution is 4.84. The van der Waals surface area contributed by atoms with Gasteiger partial charge in [-0.3, -0.25) is 0 Å². The third-order valence-corrected chi connectivity index (χ3v) is 1.96. The SMILES string of the molecule is CO[C@H]1[C@@H](OC)CO[C@@H]1CO. The molecule has 0 saturated carbocycles. The summed E-state index contributed by atoms with van der Waals surface area (Å²) in [4.78, 5) is 0. The second-order valence-electron chi connectivity index (χ2n) is 2.53. The van der Waals surface area contributed by atoms with Crippen molar-refractivity contribution < 1.29 is 19.3 Å². The maximum atomic E-state index is 8.82. The molecule has 3 atom stereocenters. The van der Waals surface area contributed by atoms with E-state index in [1.54, 1.807) is 14.2 Å². The van der Waals surface area contributed by atoms with Gasteiger partial charge in [-0.2, -0.15) is 0 Å². The molecule has 0 aromatic rings. The topological polar surface area (TPSA) is 47.9 Å². The van der Waals surface area contributed by atoms with Crippen LogP contribution >= 0.6 is 0 Å². The molecule has 1 rings (SSSR count). The van der Waals surface area contributed by atoms with Gasteiger partial charge in [0.05, 0.1) is 13.2 Å². The third kappa shape index (κ3) is 1.70. The second-order valence-corrected chi connectivity index (χ2v) is 2.53. The summed E-state index contributed by atoms with van der Waals surface area (Å²) in [5.74, 6) is 0. The first-order chi connectivity index (χ1) is 5.33. The predicted molar refractivity (Wildman–Crippen MR) is 38.4 cm³/mol. The molecule has 0 aromatic heterocycles. The number of rotatable bonds is 3.